The summed E-state index contributed by atoms with van der Waals surface area (Å²) in [7, 11) is 3.26. The van der Waals surface area contributed by atoms with Crippen molar-refractivity contribution >= 4 is 40.6 Å². The summed E-state index contributed by atoms with van der Waals surface area (Å²) in [5.41, 5.74) is 5.13. The molecule has 312 valence electrons. The number of methoxy groups -OCH3 is 2. The Kier molecular flexibility index (Phi) is 17.0. The SMILES string of the molecule is COc1ccc(N=Nc2ccc(OCCCCCCOC(=O)c3ccc(N=Cc4ccc(OCCCOc5ccc(N=Nc6ccc(OC)cc6)cc5)cc4)cc3)cc2)cc1. The molecule has 6 aromatic rings. The third-order valence-electron chi connectivity index (χ3n) is 9.09. The summed E-state index contributed by atoms with van der Waals surface area (Å²) in [5.74, 6) is 3.53. The van der Waals surface area contributed by atoms with Crippen LogP contribution in [0.15, 0.2) is 171 Å². The minimum absolute atomic E-state index is 0.341. The van der Waals surface area contributed by atoms with Gasteiger partial charge < -0.3 is 28.4 Å². The highest BCUT2D eigenvalue weighted by Crippen LogP contribution is 2.25. The zero-order valence-electron chi connectivity index (χ0n) is 34.4. The van der Waals surface area contributed by atoms with E-state index in [9.17, 15) is 4.79 Å². The minimum atomic E-state index is -0.341. The van der Waals surface area contributed by atoms with Gasteiger partial charge in [-0.1, -0.05) is 0 Å². The van der Waals surface area contributed by atoms with Crippen molar-refractivity contribution in [2.45, 2.75) is 32.1 Å². The molecule has 0 aromatic heterocycles. The summed E-state index contributed by atoms with van der Waals surface area (Å²) in [4.78, 5) is 17.1. The molecule has 12 heteroatoms. The molecule has 0 bridgehead atoms. The molecule has 0 heterocycles. The van der Waals surface area contributed by atoms with E-state index in [0.717, 1.165) is 94.9 Å². The molecule has 61 heavy (non-hydrogen) atoms. The minimum Gasteiger partial charge on any atom is -0.497 e. The summed E-state index contributed by atoms with van der Waals surface area (Å²) in [6.07, 6.45) is 6.11. The highest BCUT2D eigenvalue weighted by Gasteiger charge is 2.07. The van der Waals surface area contributed by atoms with Crippen molar-refractivity contribution in [2.24, 2.45) is 25.4 Å². The Bertz CT molecular complexity index is 2300. The van der Waals surface area contributed by atoms with Gasteiger partial charge in [0.1, 0.15) is 28.7 Å². The Labute approximate surface area is 356 Å². The Morgan fingerprint density at radius 1 is 0.410 bits per heavy atom. The van der Waals surface area contributed by atoms with Crippen LogP contribution in [0, 0.1) is 0 Å². The maximum atomic E-state index is 12.6. The highest BCUT2D eigenvalue weighted by molar-refractivity contribution is 5.90. The van der Waals surface area contributed by atoms with Gasteiger partial charge >= 0.3 is 5.97 Å². The molecule has 0 saturated carbocycles. The first-order valence-electron chi connectivity index (χ1n) is 20.1. The van der Waals surface area contributed by atoms with Crippen LogP contribution in [0.5, 0.6) is 28.7 Å². The van der Waals surface area contributed by atoms with Crippen molar-refractivity contribution in [3.8, 4) is 28.7 Å². The van der Waals surface area contributed by atoms with E-state index in [0.29, 0.717) is 32.0 Å². The number of ether oxygens (including phenoxy) is 6. The first-order valence-corrected chi connectivity index (χ1v) is 20.1. The van der Waals surface area contributed by atoms with Crippen LogP contribution in [-0.4, -0.2) is 52.8 Å². The zero-order valence-corrected chi connectivity index (χ0v) is 34.4. The molecule has 0 saturated heterocycles. The van der Waals surface area contributed by atoms with Gasteiger partial charge in [0.05, 0.1) is 74.6 Å². The fraction of sp³-hybridized carbons (Fsp3) is 0.224. The van der Waals surface area contributed by atoms with Crippen LogP contribution >= 0.6 is 0 Å². The molecule has 0 amide bonds. The normalized spacial score (nSPS) is 11.2. The second kappa shape index (κ2) is 23.9. The average molecular weight is 820 g/mol. The number of carbonyl (C=O) groups is 1. The lowest BCUT2D eigenvalue weighted by Crippen LogP contribution is -2.06. The van der Waals surface area contributed by atoms with Gasteiger partial charge in [0.25, 0.3) is 0 Å². The zero-order chi connectivity index (χ0) is 42.3. The van der Waals surface area contributed by atoms with Crippen molar-refractivity contribution < 1.29 is 33.2 Å². The molecular weight excluding hydrogens is 771 g/mol. The third kappa shape index (κ3) is 15.1. The number of esters is 1. The molecule has 0 spiro atoms. The number of hydrogen-bond acceptors (Lipinski definition) is 12. The monoisotopic (exact) mass is 819 g/mol. The lowest BCUT2D eigenvalue weighted by Gasteiger charge is -2.08. The maximum absolute atomic E-state index is 12.6. The summed E-state index contributed by atoms with van der Waals surface area (Å²) in [6, 6.07) is 44.6. The largest absolute Gasteiger partial charge is 0.497 e. The fourth-order valence-corrected chi connectivity index (χ4v) is 5.66. The number of unbranched alkanes of at least 4 members (excludes halogenated alkanes) is 3. The van der Waals surface area contributed by atoms with Crippen molar-refractivity contribution in [1.29, 1.82) is 0 Å². The number of azo groups is 2. The average Bonchev–Trinajstić information content (AvgIpc) is 3.31. The van der Waals surface area contributed by atoms with Crippen LogP contribution in [0.1, 0.15) is 48.0 Å². The summed E-state index contributed by atoms with van der Waals surface area (Å²) in [6.45, 7) is 2.02. The Morgan fingerprint density at radius 2 is 0.770 bits per heavy atom. The Hall–Kier alpha value is -7.34. The van der Waals surface area contributed by atoms with Gasteiger partial charge in [-0.3, -0.25) is 4.99 Å². The van der Waals surface area contributed by atoms with Gasteiger partial charge in [0.2, 0.25) is 0 Å². The smallest absolute Gasteiger partial charge is 0.338 e. The van der Waals surface area contributed by atoms with E-state index in [1.807, 2.05) is 121 Å². The molecule has 0 radical (unpaired) electrons. The van der Waals surface area contributed by atoms with E-state index in [2.05, 4.69) is 25.4 Å². The molecular formula is C49H49N5O7. The second-order valence-electron chi connectivity index (χ2n) is 13.6. The molecule has 0 aliphatic rings. The molecule has 0 fully saturated rings. The number of benzene rings is 6. The predicted octanol–water partition coefficient (Wildman–Crippen LogP) is 12.9. The number of nitrogens with zero attached hydrogens (tertiary/aromatic N) is 5. The van der Waals surface area contributed by atoms with Gasteiger partial charge in [-0.05, 0) is 177 Å². The molecule has 0 aliphatic carbocycles. The summed E-state index contributed by atoms with van der Waals surface area (Å²) >= 11 is 0. The number of hydrogen-bond donors (Lipinski definition) is 0. The molecule has 12 nitrogen and oxygen atoms in total. The maximum Gasteiger partial charge on any atom is 0.338 e. The van der Waals surface area contributed by atoms with Gasteiger partial charge in [-0.2, -0.15) is 20.5 Å². The lowest BCUT2D eigenvalue weighted by atomic mass is 10.2. The van der Waals surface area contributed by atoms with Gasteiger partial charge in [-0.25, -0.2) is 4.79 Å². The van der Waals surface area contributed by atoms with Crippen LogP contribution in [0.25, 0.3) is 0 Å². The van der Waals surface area contributed by atoms with E-state index in [1.165, 1.54) is 0 Å². The van der Waals surface area contributed by atoms with Crippen LogP contribution in [0.4, 0.5) is 28.4 Å². The highest BCUT2D eigenvalue weighted by atomic mass is 16.5. The molecule has 6 aromatic carbocycles. The van der Waals surface area contributed by atoms with Crippen molar-refractivity contribution in [3.05, 3.63) is 157 Å². The fourth-order valence-electron chi connectivity index (χ4n) is 5.66. The van der Waals surface area contributed by atoms with Gasteiger partial charge in [0.15, 0.2) is 0 Å². The number of aliphatic imine (C=N–C) groups is 1. The van der Waals surface area contributed by atoms with E-state index in [4.69, 9.17) is 28.4 Å². The first kappa shape index (κ1) is 43.2. The van der Waals surface area contributed by atoms with Crippen molar-refractivity contribution in [2.75, 3.05) is 40.6 Å². The third-order valence-corrected chi connectivity index (χ3v) is 9.09. The van der Waals surface area contributed by atoms with E-state index < -0.39 is 0 Å². The topological polar surface area (TPSA) is 134 Å². The quantitative estimate of drug-likeness (QED) is 0.0272. The van der Waals surface area contributed by atoms with Crippen LogP contribution < -0.4 is 23.7 Å². The van der Waals surface area contributed by atoms with E-state index in [-0.39, 0.29) is 5.97 Å². The summed E-state index contributed by atoms with van der Waals surface area (Å²) in [5, 5.41) is 17.0. The molecule has 0 unspecified atom stereocenters. The van der Waals surface area contributed by atoms with Crippen LogP contribution in [0.3, 0.4) is 0 Å². The van der Waals surface area contributed by atoms with Gasteiger partial charge in [0, 0.05) is 12.6 Å². The second-order valence-corrected chi connectivity index (χ2v) is 13.6. The van der Waals surface area contributed by atoms with Crippen LogP contribution in [-0.2, 0) is 4.74 Å². The molecule has 0 N–H and O–H groups in total. The van der Waals surface area contributed by atoms with E-state index >= 15 is 0 Å². The van der Waals surface area contributed by atoms with Crippen molar-refractivity contribution in [3.63, 3.8) is 0 Å². The Balaban J connectivity index is 0.790. The van der Waals surface area contributed by atoms with Crippen molar-refractivity contribution in [1.82, 2.24) is 0 Å². The lowest BCUT2D eigenvalue weighted by molar-refractivity contribution is 0.0497. The predicted molar refractivity (Wildman–Crippen MR) is 237 cm³/mol. The molecule has 6 rings (SSSR count). The first-order chi connectivity index (χ1) is 30.0. The standard InChI is InChI=1S/C49H49N5O7/c1-56-44-24-14-40(15-25-44)51-53-42-18-28-47(29-19-42)58-32-5-3-4-6-33-61-49(55)38-10-12-39(13-11-38)50-36-37-8-22-46(23-9-37)59-34-7-35-60-48-30-20-43(21-31-48)54-52-41-16-26-45(57-2)27-17-41/h8-31,36H,3-7,32-35H2,1-2H3. The number of rotatable bonds is 23. The number of carbonyl (C=O) groups excluding carboxylic acids is 1. The van der Waals surface area contributed by atoms with Gasteiger partial charge in [-0.15, -0.1) is 0 Å². The molecule has 0 aliphatic heterocycles. The Morgan fingerprint density at radius 3 is 1.20 bits per heavy atom. The van der Waals surface area contributed by atoms with E-state index in [1.54, 1.807) is 44.7 Å². The van der Waals surface area contributed by atoms with Crippen LogP contribution in [0.2, 0.25) is 0 Å². The molecule has 0 atom stereocenters. The summed E-state index contributed by atoms with van der Waals surface area (Å²) < 4.78 is 33.4.